The van der Waals surface area contributed by atoms with Gasteiger partial charge in [0.2, 0.25) is 0 Å². The number of nitrogens with two attached hydrogens (primary N) is 2. The first-order valence-corrected chi connectivity index (χ1v) is 5.68. The van der Waals surface area contributed by atoms with E-state index in [0.29, 0.717) is 11.3 Å². The Balaban J connectivity index is 2.96. The first kappa shape index (κ1) is 15.3. The summed E-state index contributed by atoms with van der Waals surface area (Å²) < 4.78 is 54.3. The van der Waals surface area contributed by atoms with Crippen LogP contribution in [0.1, 0.15) is 9.67 Å². The van der Waals surface area contributed by atoms with Crippen LogP contribution < -0.4 is 21.5 Å². The Morgan fingerprint density at radius 3 is 2.53 bits per heavy atom. The molecule has 0 atom stereocenters. The van der Waals surface area contributed by atoms with Crippen LogP contribution in [-0.4, -0.2) is 31.9 Å². The summed E-state index contributed by atoms with van der Waals surface area (Å²) >= 11 is 0.657. The van der Waals surface area contributed by atoms with E-state index in [2.05, 4.69) is 5.32 Å². The zero-order valence-electron chi connectivity index (χ0n) is 9.68. The van der Waals surface area contributed by atoms with E-state index in [1.54, 1.807) is 0 Å². The second kappa shape index (κ2) is 5.51. The molecule has 0 saturated carbocycles. The highest BCUT2D eigenvalue weighted by Gasteiger charge is 2.40. The minimum absolute atomic E-state index is 0.0610. The van der Waals surface area contributed by atoms with Crippen molar-refractivity contribution in [2.75, 3.05) is 24.7 Å². The van der Waals surface area contributed by atoms with Crippen LogP contribution in [0.5, 0.6) is 5.75 Å². The molecule has 108 valence electrons. The lowest BCUT2D eigenvalue weighted by Crippen LogP contribution is -2.34. The topological polar surface area (TPSA) is 90.4 Å². The average molecular weight is 301 g/mol. The number of methoxy groups -OCH3 is 1. The maximum absolute atomic E-state index is 12.8. The largest absolute Gasteiger partial charge is 0.492 e. The molecule has 10 heteroatoms. The maximum Gasteiger partial charge on any atom is 0.324 e. The van der Waals surface area contributed by atoms with Gasteiger partial charge in [0.1, 0.15) is 15.6 Å². The van der Waals surface area contributed by atoms with Crippen molar-refractivity contribution in [1.29, 1.82) is 0 Å². The van der Waals surface area contributed by atoms with E-state index < -0.39 is 24.8 Å². The molecular weight excluding hydrogens is 290 g/mol. The predicted octanol–water partition coefficient (Wildman–Crippen LogP) is 1.75. The summed E-state index contributed by atoms with van der Waals surface area (Å²) in [5.74, 6) is -5.16. The lowest BCUT2D eigenvalue weighted by atomic mass is 10.3. The van der Waals surface area contributed by atoms with Gasteiger partial charge in [0.15, 0.2) is 5.75 Å². The van der Waals surface area contributed by atoms with Crippen LogP contribution >= 0.6 is 11.3 Å². The first-order valence-electron chi connectivity index (χ1n) is 4.86. The Morgan fingerprint density at radius 2 is 2.11 bits per heavy atom. The highest BCUT2D eigenvalue weighted by atomic mass is 32.1. The Hall–Kier alpha value is -1.71. The second-order valence-corrected chi connectivity index (χ2v) is 4.51. The SMILES string of the molecule is COc1c(NCC(F)(F)C(F)F)sc(C(N)=O)c1N. The van der Waals surface area contributed by atoms with Gasteiger partial charge < -0.3 is 21.5 Å². The van der Waals surface area contributed by atoms with Crippen LogP contribution in [-0.2, 0) is 0 Å². The summed E-state index contributed by atoms with van der Waals surface area (Å²) in [5, 5.41) is 2.02. The molecule has 1 heterocycles. The molecule has 0 bridgehead atoms. The van der Waals surface area contributed by atoms with Gasteiger partial charge in [-0.2, -0.15) is 8.78 Å². The molecule has 0 fully saturated rings. The fourth-order valence-corrected chi connectivity index (χ4v) is 2.14. The number of nitrogen functional groups attached to an aromatic ring is 1. The van der Waals surface area contributed by atoms with Crippen molar-refractivity contribution < 1.29 is 27.1 Å². The van der Waals surface area contributed by atoms with Crippen molar-refractivity contribution in [2.45, 2.75) is 12.3 Å². The van der Waals surface area contributed by atoms with E-state index in [0.717, 1.165) is 0 Å². The molecule has 0 aromatic carbocycles. The van der Waals surface area contributed by atoms with Crippen LogP contribution in [0.2, 0.25) is 0 Å². The van der Waals surface area contributed by atoms with Crippen LogP contribution in [0.15, 0.2) is 0 Å². The van der Waals surface area contributed by atoms with Crippen molar-refractivity contribution in [1.82, 2.24) is 0 Å². The zero-order chi connectivity index (χ0) is 14.8. The van der Waals surface area contributed by atoms with Gasteiger partial charge in [0, 0.05) is 0 Å². The van der Waals surface area contributed by atoms with Gasteiger partial charge in [0.05, 0.1) is 13.7 Å². The van der Waals surface area contributed by atoms with Crippen molar-refractivity contribution in [3.63, 3.8) is 0 Å². The Kier molecular flexibility index (Phi) is 4.45. The molecule has 19 heavy (non-hydrogen) atoms. The number of alkyl halides is 4. The summed E-state index contributed by atoms with van der Waals surface area (Å²) in [4.78, 5) is 10.9. The third kappa shape index (κ3) is 3.19. The summed E-state index contributed by atoms with van der Waals surface area (Å²) in [6.07, 6.45) is -3.81. The summed E-state index contributed by atoms with van der Waals surface area (Å²) in [6.45, 7) is -1.32. The fraction of sp³-hybridized carbons (Fsp3) is 0.444. The van der Waals surface area contributed by atoms with Gasteiger partial charge >= 0.3 is 12.3 Å². The van der Waals surface area contributed by atoms with E-state index in [1.165, 1.54) is 7.11 Å². The molecule has 0 aliphatic carbocycles. The van der Waals surface area contributed by atoms with Gasteiger partial charge in [-0.3, -0.25) is 4.79 Å². The Bertz CT molecular complexity index is 478. The van der Waals surface area contributed by atoms with E-state index in [4.69, 9.17) is 16.2 Å². The molecule has 0 aliphatic heterocycles. The lowest BCUT2D eigenvalue weighted by Gasteiger charge is -2.16. The molecule has 5 nitrogen and oxygen atoms in total. The van der Waals surface area contributed by atoms with Crippen molar-refractivity contribution in [2.24, 2.45) is 5.73 Å². The molecule has 0 aliphatic rings. The van der Waals surface area contributed by atoms with Crippen LogP contribution in [0, 0.1) is 0 Å². The Morgan fingerprint density at radius 1 is 1.53 bits per heavy atom. The number of rotatable bonds is 6. The summed E-state index contributed by atoms with van der Waals surface area (Å²) in [6, 6.07) is 0. The van der Waals surface area contributed by atoms with Crippen LogP contribution in [0.4, 0.5) is 28.3 Å². The number of amides is 1. The van der Waals surface area contributed by atoms with Gasteiger partial charge in [-0.15, -0.1) is 11.3 Å². The zero-order valence-corrected chi connectivity index (χ0v) is 10.5. The van der Waals surface area contributed by atoms with Gasteiger partial charge in [-0.05, 0) is 0 Å². The molecule has 0 unspecified atom stereocenters. The smallest absolute Gasteiger partial charge is 0.324 e. The van der Waals surface area contributed by atoms with Crippen LogP contribution in [0.25, 0.3) is 0 Å². The number of carbonyl (C=O) groups excluding carboxylic acids is 1. The molecule has 1 aromatic rings. The molecule has 1 aromatic heterocycles. The molecule has 5 N–H and O–H groups in total. The number of hydrogen-bond donors (Lipinski definition) is 3. The third-order valence-electron chi connectivity index (χ3n) is 2.13. The van der Waals surface area contributed by atoms with E-state index >= 15 is 0 Å². The number of halogens is 4. The lowest BCUT2D eigenvalue weighted by molar-refractivity contribution is -0.117. The van der Waals surface area contributed by atoms with E-state index in [9.17, 15) is 22.4 Å². The summed E-state index contributed by atoms with van der Waals surface area (Å²) in [7, 11) is 1.19. The number of thiophene rings is 1. The number of primary amides is 1. The predicted molar refractivity (Wildman–Crippen MR) is 63.2 cm³/mol. The third-order valence-corrected chi connectivity index (χ3v) is 3.29. The van der Waals surface area contributed by atoms with Crippen LogP contribution in [0.3, 0.4) is 0 Å². The standard InChI is InChI=1S/C9H11F4N3O2S/c1-18-4-3(14)5(6(15)17)19-7(4)16-2-9(12,13)8(10)11/h8,16H,2,14H2,1H3,(H2,15,17). The quantitative estimate of drug-likeness (QED) is 0.698. The number of anilines is 2. The fourth-order valence-electron chi connectivity index (χ4n) is 1.21. The van der Waals surface area contributed by atoms with Crippen molar-refractivity contribution >= 4 is 27.9 Å². The highest BCUT2D eigenvalue weighted by Crippen LogP contribution is 2.42. The summed E-state index contributed by atoms with van der Waals surface area (Å²) in [5.41, 5.74) is 10.4. The highest BCUT2D eigenvalue weighted by molar-refractivity contribution is 7.19. The molecule has 1 amide bonds. The monoisotopic (exact) mass is 301 g/mol. The number of carbonyl (C=O) groups is 1. The minimum Gasteiger partial charge on any atom is -0.492 e. The van der Waals surface area contributed by atoms with E-state index in [1.807, 2.05) is 0 Å². The molecular formula is C9H11F4N3O2S. The number of ether oxygens (including phenoxy) is 1. The van der Waals surface area contributed by atoms with Gasteiger partial charge in [-0.25, -0.2) is 8.78 Å². The minimum atomic E-state index is -4.21. The molecule has 0 spiro atoms. The number of hydrogen-bond acceptors (Lipinski definition) is 5. The van der Waals surface area contributed by atoms with Gasteiger partial charge in [-0.1, -0.05) is 0 Å². The normalized spacial score (nSPS) is 11.7. The average Bonchev–Trinajstić information content (AvgIpc) is 2.63. The van der Waals surface area contributed by atoms with Gasteiger partial charge in [0.25, 0.3) is 5.91 Å². The molecule has 1 rings (SSSR count). The maximum atomic E-state index is 12.8. The first-order chi connectivity index (χ1) is 8.70. The second-order valence-electron chi connectivity index (χ2n) is 3.49. The molecule has 0 radical (unpaired) electrons. The van der Waals surface area contributed by atoms with Crippen molar-refractivity contribution in [3.05, 3.63) is 4.88 Å². The Labute approximate surface area is 109 Å². The molecule has 0 saturated heterocycles. The van der Waals surface area contributed by atoms with E-state index in [-0.39, 0.29) is 21.3 Å². The van der Waals surface area contributed by atoms with Crippen molar-refractivity contribution in [3.8, 4) is 5.75 Å². The number of nitrogens with one attached hydrogen (secondary N) is 1.